The van der Waals surface area contributed by atoms with E-state index in [0.29, 0.717) is 6.54 Å². The van der Waals surface area contributed by atoms with Crippen molar-refractivity contribution in [2.45, 2.75) is 11.4 Å². The van der Waals surface area contributed by atoms with Gasteiger partial charge in [0.05, 0.1) is 17.0 Å². The molecule has 0 spiro atoms. The summed E-state index contributed by atoms with van der Waals surface area (Å²) in [5, 5.41) is 0.726. The van der Waals surface area contributed by atoms with Crippen LogP contribution in [0.1, 0.15) is 0 Å². The van der Waals surface area contributed by atoms with Gasteiger partial charge < -0.3 is 4.57 Å². The molecule has 0 aliphatic carbocycles. The molecule has 0 saturated heterocycles. The van der Waals surface area contributed by atoms with E-state index in [4.69, 9.17) is 6.42 Å². The van der Waals surface area contributed by atoms with Crippen LogP contribution >= 0.6 is 11.8 Å². The van der Waals surface area contributed by atoms with Gasteiger partial charge >= 0.3 is 0 Å². The summed E-state index contributed by atoms with van der Waals surface area (Å²) in [6.45, 7) is 0.481. The average molecular weight is 229 g/mol. The summed E-state index contributed by atoms with van der Waals surface area (Å²) >= 11 is 1.45. The van der Waals surface area contributed by atoms with E-state index in [-0.39, 0.29) is 5.43 Å². The van der Waals surface area contributed by atoms with E-state index >= 15 is 0 Å². The number of thioether (sulfide) groups is 1. The predicted molar refractivity (Wildman–Crippen MR) is 68.8 cm³/mol. The maximum atomic E-state index is 12.0. The van der Waals surface area contributed by atoms with Crippen molar-refractivity contribution in [1.82, 2.24) is 4.57 Å². The van der Waals surface area contributed by atoms with Gasteiger partial charge in [-0.15, -0.1) is 18.2 Å². The first-order valence-electron chi connectivity index (χ1n) is 4.87. The highest BCUT2D eigenvalue weighted by atomic mass is 32.2. The van der Waals surface area contributed by atoms with Crippen LogP contribution in [0.5, 0.6) is 0 Å². The fraction of sp³-hybridized carbons (Fsp3) is 0.154. The first kappa shape index (κ1) is 10.8. The second-order valence-corrected chi connectivity index (χ2v) is 4.22. The molecule has 1 heterocycles. The van der Waals surface area contributed by atoms with Crippen molar-refractivity contribution in [3.8, 4) is 12.3 Å². The molecule has 0 saturated carbocycles. The number of hydrogen-bond acceptors (Lipinski definition) is 2. The zero-order valence-electron chi connectivity index (χ0n) is 8.93. The second kappa shape index (κ2) is 4.46. The molecule has 2 aromatic rings. The summed E-state index contributed by atoms with van der Waals surface area (Å²) in [6, 6.07) is 7.53. The molecule has 2 rings (SSSR count). The quantitative estimate of drug-likeness (QED) is 0.582. The van der Waals surface area contributed by atoms with Crippen molar-refractivity contribution in [2.75, 3.05) is 6.26 Å². The van der Waals surface area contributed by atoms with E-state index in [9.17, 15) is 4.79 Å². The third-order valence-corrected chi connectivity index (χ3v) is 3.17. The van der Waals surface area contributed by atoms with Crippen molar-refractivity contribution >= 4 is 22.7 Å². The molecule has 0 amide bonds. The molecule has 0 bridgehead atoms. The van der Waals surface area contributed by atoms with Crippen LogP contribution in [0, 0.1) is 12.3 Å². The van der Waals surface area contributed by atoms with Crippen LogP contribution < -0.4 is 5.43 Å². The molecule has 0 N–H and O–H groups in total. The molecule has 80 valence electrons. The van der Waals surface area contributed by atoms with Gasteiger partial charge in [-0.25, -0.2) is 0 Å². The standard InChI is InChI=1S/C13H11NOS/c1-3-8-14-9-12(16-2)13(15)10-6-4-5-7-11(10)14/h1,4-7,9H,8H2,2H3. The maximum Gasteiger partial charge on any atom is 0.202 e. The van der Waals surface area contributed by atoms with Crippen LogP contribution in [0.3, 0.4) is 0 Å². The third-order valence-electron chi connectivity index (χ3n) is 2.44. The number of para-hydroxylation sites is 1. The molecule has 3 heteroatoms. The van der Waals surface area contributed by atoms with E-state index in [1.54, 1.807) is 0 Å². The molecular weight excluding hydrogens is 218 g/mol. The Bertz CT molecular complexity index is 622. The summed E-state index contributed by atoms with van der Waals surface area (Å²) in [4.78, 5) is 12.8. The molecule has 2 nitrogen and oxygen atoms in total. The molecular formula is C13H11NOS. The topological polar surface area (TPSA) is 22.0 Å². The predicted octanol–water partition coefficient (Wildman–Crippen LogP) is 2.36. The van der Waals surface area contributed by atoms with E-state index in [1.807, 2.05) is 41.3 Å². The summed E-state index contributed by atoms with van der Waals surface area (Å²) < 4.78 is 1.93. The second-order valence-electron chi connectivity index (χ2n) is 3.38. The fourth-order valence-electron chi connectivity index (χ4n) is 1.69. The number of benzene rings is 1. The van der Waals surface area contributed by atoms with Crippen molar-refractivity contribution < 1.29 is 0 Å². The highest BCUT2D eigenvalue weighted by molar-refractivity contribution is 7.98. The molecule has 0 atom stereocenters. The Labute approximate surface area is 98.3 Å². The van der Waals surface area contributed by atoms with Gasteiger partial charge in [-0.3, -0.25) is 4.79 Å². The van der Waals surface area contributed by atoms with Crippen molar-refractivity contribution in [3.05, 3.63) is 40.7 Å². The monoisotopic (exact) mass is 229 g/mol. The van der Waals surface area contributed by atoms with Crippen LogP contribution in [-0.2, 0) is 6.54 Å². The number of hydrogen-bond donors (Lipinski definition) is 0. The van der Waals surface area contributed by atoms with Crippen molar-refractivity contribution in [2.24, 2.45) is 0 Å². The molecule has 0 unspecified atom stereocenters. The summed E-state index contributed by atoms with van der Waals surface area (Å²) in [5.41, 5.74) is 0.972. The largest absolute Gasteiger partial charge is 0.334 e. The Kier molecular flexibility index (Phi) is 3.02. The van der Waals surface area contributed by atoms with Crippen LogP contribution in [-0.4, -0.2) is 10.8 Å². The lowest BCUT2D eigenvalue weighted by atomic mass is 10.2. The van der Waals surface area contributed by atoms with E-state index < -0.39 is 0 Å². The lowest BCUT2D eigenvalue weighted by Crippen LogP contribution is -2.10. The average Bonchev–Trinajstić information content (AvgIpc) is 2.33. The number of terminal acetylenes is 1. The number of fused-ring (bicyclic) bond motifs is 1. The Balaban J connectivity index is 2.86. The first-order valence-corrected chi connectivity index (χ1v) is 6.10. The summed E-state index contributed by atoms with van der Waals surface area (Å²) in [5.74, 6) is 2.60. The van der Waals surface area contributed by atoms with Crippen molar-refractivity contribution in [1.29, 1.82) is 0 Å². The molecule has 0 fully saturated rings. The van der Waals surface area contributed by atoms with Crippen LogP contribution in [0.25, 0.3) is 10.9 Å². The Morgan fingerprint density at radius 2 is 2.19 bits per heavy atom. The minimum atomic E-state index is 0.0800. The maximum absolute atomic E-state index is 12.0. The lowest BCUT2D eigenvalue weighted by molar-refractivity contribution is 0.854. The minimum absolute atomic E-state index is 0.0800. The summed E-state index contributed by atoms with van der Waals surface area (Å²) in [7, 11) is 0. The Morgan fingerprint density at radius 1 is 1.44 bits per heavy atom. The van der Waals surface area contributed by atoms with Gasteiger partial charge in [-0.1, -0.05) is 18.1 Å². The molecule has 16 heavy (non-hydrogen) atoms. The zero-order chi connectivity index (χ0) is 11.5. The van der Waals surface area contributed by atoms with Crippen LogP contribution in [0.15, 0.2) is 40.2 Å². The molecule has 0 radical (unpaired) electrons. The van der Waals surface area contributed by atoms with Gasteiger partial charge in [0.15, 0.2) is 0 Å². The van der Waals surface area contributed by atoms with E-state index in [1.165, 1.54) is 11.8 Å². The summed E-state index contributed by atoms with van der Waals surface area (Å²) in [6.07, 6.45) is 9.05. The number of rotatable bonds is 2. The number of nitrogens with zero attached hydrogens (tertiary/aromatic N) is 1. The Morgan fingerprint density at radius 3 is 2.88 bits per heavy atom. The van der Waals surface area contributed by atoms with Gasteiger partial charge in [0, 0.05) is 11.6 Å². The van der Waals surface area contributed by atoms with Crippen molar-refractivity contribution in [3.63, 3.8) is 0 Å². The molecule has 1 aromatic carbocycles. The first-order chi connectivity index (χ1) is 7.77. The minimum Gasteiger partial charge on any atom is -0.334 e. The highest BCUT2D eigenvalue weighted by Gasteiger charge is 2.06. The third kappa shape index (κ3) is 1.72. The Hall–Kier alpha value is -1.66. The lowest BCUT2D eigenvalue weighted by Gasteiger charge is -2.09. The van der Waals surface area contributed by atoms with E-state index in [2.05, 4.69) is 5.92 Å². The van der Waals surface area contributed by atoms with Gasteiger partial charge in [-0.2, -0.15) is 0 Å². The normalized spacial score (nSPS) is 10.2. The molecule has 0 aliphatic heterocycles. The molecule has 1 aromatic heterocycles. The SMILES string of the molecule is C#CCn1cc(SC)c(=O)c2ccccc21. The highest BCUT2D eigenvalue weighted by Crippen LogP contribution is 2.16. The zero-order valence-corrected chi connectivity index (χ0v) is 9.75. The van der Waals surface area contributed by atoms with Gasteiger partial charge in [-0.05, 0) is 18.4 Å². The van der Waals surface area contributed by atoms with Gasteiger partial charge in [0.1, 0.15) is 0 Å². The molecule has 0 aliphatic rings. The number of pyridine rings is 1. The van der Waals surface area contributed by atoms with Gasteiger partial charge in [0.2, 0.25) is 5.43 Å². The van der Waals surface area contributed by atoms with Gasteiger partial charge in [0.25, 0.3) is 0 Å². The number of aromatic nitrogens is 1. The van der Waals surface area contributed by atoms with Crippen LogP contribution in [0.2, 0.25) is 0 Å². The van der Waals surface area contributed by atoms with E-state index in [0.717, 1.165) is 15.8 Å². The van der Waals surface area contributed by atoms with Crippen LogP contribution in [0.4, 0.5) is 0 Å². The smallest absolute Gasteiger partial charge is 0.202 e. The fourth-order valence-corrected chi connectivity index (χ4v) is 2.22.